The standard InChI is InChI=1S/C29H29N5O2/c1-20-7-9-24(10-8-20)34-29(26-19-30-27-6-4-3-5-25(26)27)33(28(31-34)21(2)35)23-13-11-22(12-14-23)32-15-17-36-18-16-32/h3-14,19,29-30H,15-18H2,1-2H3. The SMILES string of the molecule is CC(=O)C1=NN(c2ccc(C)cc2)C(c2c[nH]c3ccccc23)N1c1ccc(N2CCOCC2)cc1. The number of hydrazone groups is 1. The van der Waals surface area contributed by atoms with Crippen LogP contribution in [0.3, 0.4) is 0 Å². The van der Waals surface area contributed by atoms with Gasteiger partial charge in [0.1, 0.15) is 0 Å². The van der Waals surface area contributed by atoms with Gasteiger partial charge in [-0.05, 0) is 49.4 Å². The summed E-state index contributed by atoms with van der Waals surface area (Å²) < 4.78 is 5.51. The van der Waals surface area contributed by atoms with E-state index in [9.17, 15) is 4.79 Å². The first-order chi connectivity index (χ1) is 17.6. The number of ketones is 1. The van der Waals surface area contributed by atoms with E-state index in [1.165, 1.54) is 5.56 Å². The average Bonchev–Trinajstić information content (AvgIpc) is 3.52. The van der Waals surface area contributed by atoms with Crippen LogP contribution in [0.15, 0.2) is 84.1 Å². The number of hydrogen-bond donors (Lipinski definition) is 1. The molecule has 1 atom stereocenters. The van der Waals surface area contributed by atoms with Crippen LogP contribution in [0, 0.1) is 6.92 Å². The molecule has 2 aliphatic heterocycles. The van der Waals surface area contributed by atoms with Crippen molar-refractivity contribution < 1.29 is 9.53 Å². The van der Waals surface area contributed by atoms with Gasteiger partial charge in [0, 0.05) is 54.1 Å². The van der Waals surface area contributed by atoms with Crippen LogP contribution < -0.4 is 14.8 Å². The molecule has 0 aliphatic carbocycles. The van der Waals surface area contributed by atoms with Crippen LogP contribution in [0.2, 0.25) is 0 Å². The molecule has 1 aromatic heterocycles. The Morgan fingerprint density at radius 2 is 1.58 bits per heavy atom. The van der Waals surface area contributed by atoms with Crippen molar-refractivity contribution in [3.63, 3.8) is 0 Å². The molecule has 0 saturated carbocycles. The predicted octanol–water partition coefficient (Wildman–Crippen LogP) is 5.24. The highest BCUT2D eigenvalue weighted by Crippen LogP contribution is 2.41. The Kier molecular flexibility index (Phi) is 5.70. The first-order valence-corrected chi connectivity index (χ1v) is 12.3. The van der Waals surface area contributed by atoms with Gasteiger partial charge in [0.15, 0.2) is 17.8 Å². The van der Waals surface area contributed by atoms with Crippen LogP contribution in [0.25, 0.3) is 10.9 Å². The topological polar surface area (TPSA) is 64.2 Å². The van der Waals surface area contributed by atoms with E-state index < -0.39 is 0 Å². The number of aryl methyl sites for hydroxylation is 1. The molecule has 1 unspecified atom stereocenters. The number of anilines is 3. The molecule has 4 aromatic rings. The van der Waals surface area contributed by atoms with E-state index in [0.29, 0.717) is 5.84 Å². The van der Waals surface area contributed by atoms with Crippen molar-refractivity contribution in [1.82, 2.24) is 4.98 Å². The smallest absolute Gasteiger partial charge is 0.198 e. The summed E-state index contributed by atoms with van der Waals surface area (Å²) in [7, 11) is 0. The van der Waals surface area contributed by atoms with E-state index in [4.69, 9.17) is 9.84 Å². The van der Waals surface area contributed by atoms with Gasteiger partial charge < -0.3 is 14.6 Å². The molecule has 1 saturated heterocycles. The van der Waals surface area contributed by atoms with Crippen molar-refractivity contribution in [3.05, 3.63) is 90.1 Å². The van der Waals surface area contributed by atoms with Crippen LogP contribution >= 0.6 is 0 Å². The normalized spacial score (nSPS) is 18.1. The monoisotopic (exact) mass is 479 g/mol. The molecule has 7 heteroatoms. The van der Waals surface area contributed by atoms with E-state index in [-0.39, 0.29) is 11.9 Å². The quantitative estimate of drug-likeness (QED) is 0.424. The Balaban J connectivity index is 1.47. The van der Waals surface area contributed by atoms with E-state index >= 15 is 0 Å². The summed E-state index contributed by atoms with van der Waals surface area (Å²) in [6, 6.07) is 24.9. The maximum Gasteiger partial charge on any atom is 0.198 e. The van der Waals surface area contributed by atoms with Gasteiger partial charge in [-0.15, -0.1) is 5.10 Å². The third-order valence-corrected chi connectivity index (χ3v) is 6.92. The number of aromatic nitrogens is 1. The largest absolute Gasteiger partial charge is 0.378 e. The summed E-state index contributed by atoms with van der Waals surface area (Å²) >= 11 is 0. The molecule has 7 nitrogen and oxygen atoms in total. The van der Waals surface area contributed by atoms with Crippen molar-refractivity contribution in [2.24, 2.45) is 5.10 Å². The van der Waals surface area contributed by atoms with Crippen LogP contribution in [0.5, 0.6) is 0 Å². The lowest BCUT2D eigenvalue weighted by Gasteiger charge is -2.32. The summed E-state index contributed by atoms with van der Waals surface area (Å²) in [4.78, 5) is 20.7. The average molecular weight is 480 g/mol. The predicted molar refractivity (Wildman–Crippen MR) is 145 cm³/mol. The van der Waals surface area contributed by atoms with Crippen molar-refractivity contribution in [2.75, 3.05) is 41.1 Å². The van der Waals surface area contributed by atoms with Gasteiger partial charge in [0.05, 0.1) is 18.9 Å². The molecule has 36 heavy (non-hydrogen) atoms. The number of ether oxygens (including phenoxy) is 1. The minimum atomic E-state index is -0.322. The van der Waals surface area contributed by atoms with Crippen LogP contribution in [-0.4, -0.2) is 42.9 Å². The van der Waals surface area contributed by atoms with Gasteiger partial charge >= 0.3 is 0 Å². The number of rotatable bonds is 5. The van der Waals surface area contributed by atoms with Gasteiger partial charge in [0.2, 0.25) is 0 Å². The number of carbonyl (C=O) groups excluding carboxylic acids is 1. The lowest BCUT2D eigenvalue weighted by atomic mass is 10.1. The number of Topliss-reactive ketones (excluding diaryl/α,β-unsaturated/α-hetero) is 1. The van der Waals surface area contributed by atoms with Crippen molar-refractivity contribution in [3.8, 4) is 0 Å². The summed E-state index contributed by atoms with van der Waals surface area (Å²) in [5, 5.41) is 7.95. The highest BCUT2D eigenvalue weighted by Gasteiger charge is 2.40. The molecule has 3 heterocycles. The maximum absolute atomic E-state index is 12.9. The number of nitrogens with one attached hydrogen (secondary N) is 1. The maximum atomic E-state index is 12.9. The number of carbonyl (C=O) groups is 1. The summed E-state index contributed by atoms with van der Waals surface area (Å²) in [5.41, 5.74) is 6.29. The van der Waals surface area contributed by atoms with E-state index in [2.05, 4.69) is 82.4 Å². The van der Waals surface area contributed by atoms with E-state index in [0.717, 1.165) is 59.8 Å². The molecule has 6 rings (SSSR count). The molecule has 0 amide bonds. The number of hydrogen-bond acceptors (Lipinski definition) is 6. The first kappa shape index (κ1) is 22.4. The van der Waals surface area contributed by atoms with Crippen molar-refractivity contribution in [2.45, 2.75) is 20.0 Å². The fourth-order valence-electron chi connectivity index (χ4n) is 5.05. The second kappa shape index (κ2) is 9.17. The molecule has 2 aliphatic rings. The molecule has 3 aromatic carbocycles. The Labute approximate surface area is 210 Å². The highest BCUT2D eigenvalue weighted by molar-refractivity contribution is 6.44. The molecule has 182 valence electrons. The third kappa shape index (κ3) is 3.91. The number of H-pyrrole nitrogens is 1. The number of fused-ring (bicyclic) bond motifs is 1. The fourth-order valence-corrected chi connectivity index (χ4v) is 5.05. The minimum Gasteiger partial charge on any atom is -0.378 e. The summed E-state index contributed by atoms with van der Waals surface area (Å²) in [6.07, 6.45) is 1.71. The zero-order valence-corrected chi connectivity index (χ0v) is 20.5. The molecule has 1 fully saturated rings. The molecular formula is C29H29N5O2. The minimum absolute atomic E-state index is 0.0771. The van der Waals surface area contributed by atoms with Crippen LogP contribution in [0.4, 0.5) is 17.1 Å². The van der Waals surface area contributed by atoms with Crippen molar-refractivity contribution in [1.29, 1.82) is 0 Å². The third-order valence-electron chi connectivity index (χ3n) is 6.92. The Morgan fingerprint density at radius 3 is 2.31 bits per heavy atom. The fraction of sp³-hybridized carbons (Fsp3) is 0.241. The number of para-hydroxylation sites is 1. The molecule has 1 N–H and O–H groups in total. The summed E-state index contributed by atoms with van der Waals surface area (Å²) in [6.45, 7) is 6.88. The molecule has 0 spiro atoms. The Bertz CT molecular complexity index is 1420. The molecule has 0 bridgehead atoms. The van der Waals surface area contributed by atoms with Gasteiger partial charge in [0.25, 0.3) is 0 Å². The zero-order chi connectivity index (χ0) is 24.6. The van der Waals surface area contributed by atoms with Gasteiger partial charge in [-0.1, -0.05) is 35.9 Å². The van der Waals surface area contributed by atoms with Gasteiger partial charge in [-0.25, -0.2) is 5.01 Å². The van der Waals surface area contributed by atoms with Crippen molar-refractivity contribution >= 4 is 39.6 Å². The van der Waals surface area contributed by atoms with Gasteiger partial charge in [-0.3, -0.25) is 9.69 Å². The Hall–Kier alpha value is -4.10. The number of benzene rings is 3. The second-order valence-corrected chi connectivity index (χ2v) is 9.31. The lowest BCUT2D eigenvalue weighted by Crippen LogP contribution is -2.38. The lowest BCUT2D eigenvalue weighted by molar-refractivity contribution is -0.111. The number of nitrogens with zero attached hydrogens (tertiary/aromatic N) is 4. The number of aromatic amines is 1. The second-order valence-electron chi connectivity index (χ2n) is 9.31. The van der Waals surface area contributed by atoms with Crippen LogP contribution in [0.1, 0.15) is 24.2 Å². The van der Waals surface area contributed by atoms with Gasteiger partial charge in [-0.2, -0.15) is 0 Å². The molecule has 0 radical (unpaired) electrons. The number of morpholine rings is 1. The van der Waals surface area contributed by atoms with Crippen LogP contribution in [-0.2, 0) is 9.53 Å². The highest BCUT2D eigenvalue weighted by atomic mass is 16.5. The van der Waals surface area contributed by atoms with E-state index in [1.54, 1.807) is 6.92 Å². The summed E-state index contributed by atoms with van der Waals surface area (Å²) in [5.74, 6) is 0.344. The first-order valence-electron chi connectivity index (χ1n) is 12.3. The number of amidine groups is 1. The zero-order valence-electron chi connectivity index (χ0n) is 20.5. The molecular weight excluding hydrogens is 450 g/mol. The van der Waals surface area contributed by atoms with E-state index in [1.807, 2.05) is 23.3 Å². The Morgan fingerprint density at radius 1 is 0.917 bits per heavy atom.